The minimum Gasteiger partial charge on any atom is -0.494 e. The molecule has 0 unspecified atom stereocenters. The van der Waals surface area contributed by atoms with Gasteiger partial charge in [0.2, 0.25) is 5.91 Å². The summed E-state index contributed by atoms with van der Waals surface area (Å²) in [6, 6.07) is 4.23. The number of benzene rings is 1. The Hall–Kier alpha value is -2.97. The molecule has 1 aromatic heterocycles. The van der Waals surface area contributed by atoms with Crippen molar-refractivity contribution in [2.45, 2.75) is 25.4 Å². The first-order chi connectivity index (χ1) is 13.0. The van der Waals surface area contributed by atoms with Crippen molar-refractivity contribution in [1.82, 2.24) is 24.8 Å². The molecule has 0 N–H and O–H groups in total. The van der Waals surface area contributed by atoms with Crippen LogP contribution in [0.5, 0.6) is 5.75 Å². The summed E-state index contributed by atoms with van der Waals surface area (Å²) in [4.78, 5) is 27.6. The van der Waals surface area contributed by atoms with Crippen molar-refractivity contribution in [2.75, 3.05) is 26.7 Å². The SMILES string of the molecule is COc1ccc(C(=O)N2CC(n3cc(CN4CCCC4=O)nn3)C2)cc1F. The minimum atomic E-state index is -0.558. The predicted octanol–water partition coefficient (Wildman–Crippen LogP) is 1.25. The smallest absolute Gasteiger partial charge is 0.254 e. The Labute approximate surface area is 155 Å². The van der Waals surface area contributed by atoms with E-state index in [9.17, 15) is 14.0 Å². The van der Waals surface area contributed by atoms with Gasteiger partial charge in [-0.2, -0.15) is 0 Å². The van der Waals surface area contributed by atoms with Crippen LogP contribution in [0.4, 0.5) is 4.39 Å². The monoisotopic (exact) mass is 373 g/mol. The van der Waals surface area contributed by atoms with Crippen LogP contribution >= 0.6 is 0 Å². The van der Waals surface area contributed by atoms with E-state index in [1.165, 1.54) is 19.2 Å². The fourth-order valence-electron chi connectivity index (χ4n) is 3.40. The van der Waals surface area contributed by atoms with Crippen LogP contribution in [0.1, 0.15) is 34.9 Å². The number of hydrogen-bond acceptors (Lipinski definition) is 5. The van der Waals surface area contributed by atoms with Gasteiger partial charge in [0.05, 0.1) is 25.9 Å². The van der Waals surface area contributed by atoms with E-state index in [0.717, 1.165) is 18.7 Å². The Morgan fingerprint density at radius 2 is 2.19 bits per heavy atom. The van der Waals surface area contributed by atoms with Gasteiger partial charge in [-0.25, -0.2) is 9.07 Å². The highest BCUT2D eigenvalue weighted by Gasteiger charge is 2.34. The van der Waals surface area contributed by atoms with Gasteiger partial charge in [-0.1, -0.05) is 5.21 Å². The topological polar surface area (TPSA) is 80.6 Å². The normalized spacial score (nSPS) is 17.3. The molecule has 142 valence electrons. The first-order valence-electron chi connectivity index (χ1n) is 8.86. The van der Waals surface area contributed by atoms with Gasteiger partial charge in [-0.3, -0.25) is 9.59 Å². The number of likely N-dealkylation sites (tertiary alicyclic amines) is 2. The Bertz CT molecular complexity index is 878. The van der Waals surface area contributed by atoms with Crippen LogP contribution in [0.3, 0.4) is 0 Å². The molecule has 2 aliphatic heterocycles. The molecule has 0 bridgehead atoms. The number of halogens is 1. The first kappa shape index (κ1) is 17.4. The van der Waals surface area contributed by atoms with Crippen LogP contribution < -0.4 is 4.74 Å². The number of ether oxygens (including phenoxy) is 1. The summed E-state index contributed by atoms with van der Waals surface area (Å²) in [5.74, 6) is -0.523. The lowest BCUT2D eigenvalue weighted by atomic mass is 10.1. The van der Waals surface area contributed by atoms with Crippen LogP contribution in [0.25, 0.3) is 0 Å². The Kier molecular flexibility index (Phi) is 4.51. The van der Waals surface area contributed by atoms with Gasteiger partial charge in [0.15, 0.2) is 11.6 Å². The van der Waals surface area contributed by atoms with Gasteiger partial charge in [-0.05, 0) is 24.6 Å². The van der Waals surface area contributed by atoms with Crippen molar-refractivity contribution in [3.63, 3.8) is 0 Å². The van der Waals surface area contributed by atoms with Crippen molar-refractivity contribution in [3.05, 3.63) is 41.5 Å². The summed E-state index contributed by atoms with van der Waals surface area (Å²) in [6.07, 6.45) is 3.31. The lowest BCUT2D eigenvalue weighted by molar-refractivity contribution is -0.128. The number of aromatic nitrogens is 3. The molecule has 2 fully saturated rings. The zero-order valence-electron chi connectivity index (χ0n) is 15.0. The van der Waals surface area contributed by atoms with Gasteiger partial charge in [0.25, 0.3) is 5.91 Å². The van der Waals surface area contributed by atoms with E-state index >= 15 is 0 Å². The summed E-state index contributed by atoms with van der Waals surface area (Å²) >= 11 is 0. The zero-order chi connectivity index (χ0) is 19.0. The molecule has 8 nitrogen and oxygen atoms in total. The highest BCUT2D eigenvalue weighted by Crippen LogP contribution is 2.25. The molecule has 2 aromatic rings. The number of carbonyl (C=O) groups is 2. The predicted molar refractivity (Wildman–Crippen MR) is 92.6 cm³/mol. The molecule has 0 saturated carbocycles. The maximum absolute atomic E-state index is 13.8. The average Bonchev–Trinajstić information content (AvgIpc) is 3.23. The molecule has 0 spiro atoms. The van der Waals surface area contributed by atoms with Crippen molar-refractivity contribution >= 4 is 11.8 Å². The molecule has 4 rings (SSSR count). The summed E-state index contributed by atoms with van der Waals surface area (Å²) in [7, 11) is 1.38. The maximum atomic E-state index is 13.8. The molecule has 0 atom stereocenters. The highest BCUT2D eigenvalue weighted by atomic mass is 19.1. The number of amides is 2. The second kappa shape index (κ2) is 6.98. The Morgan fingerprint density at radius 1 is 1.37 bits per heavy atom. The molecule has 9 heteroatoms. The molecule has 27 heavy (non-hydrogen) atoms. The Morgan fingerprint density at radius 3 is 2.85 bits per heavy atom. The Balaban J connectivity index is 1.34. The molecular formula is C18H20FN5O3. The van der Waals surface area contributed by atoms with E-state index in [2.05, 4.69) is 10.3 Å². The summed E-state index contributed by atoms with van der Waals surface area (Å²) in [5, 5.41) is 8.25. The second-order valence-electron chi connectivity index (χ2n) is 6.82. The van der Waals surface area contributed by atoms with Gasteiger partial charge in [0.1, 0.15) is 5.69 Å². The molecule has 1 aromatic carbocycles. The third-order valence-electron chi connectivity index (χ3n) is 5.00. The number of methoxy groups -OCH3 is 1. The van der Waals surface area contributed by atoms with Crippen LogP contribution in [-0.2, 0) is 11.3 Å². The number of nitrogens with zero attached hydrogens (tertiary/aromatic N) is 5. The van der Waals surface area contributed by atoms with Crippen LogP contribution in [0, 0.1) is 5.82 Å². The van der Waals surface area contributed by atoms with Gasteiger partial charge in [0, 0.05) is 31.6 Å². The van der Waals surface area contributed by atoms with E-state index in [0.29, 0.717) is 31.6 Å². The summed E-state index contributed by atoms with van der Waals surface area (Å²) < 4.78 is 20.4. The van der Waals surface area contributed by atoms with Crippen molar-refractivity contribution < 1.29 is 18.7 Å². The molecule has 2 aliphatic rings. The van der Waals surface area contributed by atoms with E-state index in [1.807, 2.05) is 6.20 Å². The van der Waals surface area contributed by atoms with Gasteiger partial charge in [-0.15, -0.1) is 5.10 Å². The molecule has 0 radical (unpaired) electrons. The van der Waals surface area contributed by atoms with Gasteiger partial charge < -0.3 is 14.5 Å². The van der Waals surface area contributed by atoms with E-state index in [-0.39, 0.29) is 23.6 Å². The van der Waals surface area contributed by atoms with Gasteiger partial charge >= 0.3 is 0 Å². The fraction of sp³-hybridized carbons (Fsp3) is 0.444. The maximum Gasteiger partial charge on any atom is 0.254 e. The number of rotatable bonds is 5. The van der Waals surface area contributed by atoms with Crippen LogP contribution in [-0.4, -0.2) is 63.4 Å². The number of hydrogen-bond donors (Lipinski definition) is 0. The molecule has 3 heterocycles. The summed E-state index contributed by atoms with van der Waals surface area (Å²) in [6.45, 7) is 2.20. The lowest BCUT2D eigenvalue weighted by Crippen LogP contribution is -2.50. The quantitative estimate of drug-likeness (QED) is 0.788. The van der Waals surface area contributed by atoms with E-state index in [1.54, 1.807) is 20.5 Å². The molecule has 2 amide bonds. The van der Waals surface area contributed by atoms with Crippen molar-refractivity contribution in [3.8, 4) is 5.75 Å². The van der Waals surface area contributed by atoms with Crippen molar-refractivity contribution in [1.29, 1.82) is 0 Å². The minimum absolute atomic E-state index is 0.0348. The molecule has 2 saturated heterocycles. The number of carbonyl (C=O) groups excluding carboxylic acids is 2. The van der Waals surface area contributed by atoms with Crippen LogP contribution in [0.2, 0.25) is 0 Å². The average molecular weight is 373 g/mol. The first-order valence-corrected chi connectivity index (χ1v) is 8.86. The third kappa shape index (κ3) is 3.36. The lowest BCUT2D eigenvalue weighted by Gasteiger charge is -2.38. The van der Waals surface area contributed by atoms with Crippen LogP contribution in [0.15, 0.2) is 24.4 Å². The molecule has 0 aliphatic carbocycles. The second-order valence-corrected chi connectivity index (χ2v) is 6.82. The largest absolute Gasteiger partial charge is 0.494 e. The van der Waals surface area contributed by atoms with E-state index in [4.69, 9.17) is 4.74 Å². The highest BCUT2D eigenvalue weighted by molar-refractivity contribution is 5.95. The molecular weight excluding hydrogens is 353 g/mol. The van der Waals surface area contributed by atoms with E-state index < -0.39 is 5.82 Å². The zero-order valence-corrected chi connectivity index (χ0v) is 15.0. The summed E-state index contributed by atoms with van der Waals surface area (Å²) in [5.41, 5.74) is 1.03. The third-order valence-corrected chi connectivity index (χ3v) is 5.00. The fourth-order valence-corrected chi connectivity index (χ4v) is 3.40. The standard InChI is InChI=1S/C18H20FN5O3/c1-27-16-5-4-12(7-15(16)19)18(26)23-10-14(11-23)24-9-13(20-21-24)8-22-6-2-3-17(22)25/h4-5,7,9,14H,2-3,6,8,10-11H2,1H3. The van der Waals surface area contributed by atoms with Crippen molar-refractivity contribution in [2.24, 2.45) is 0 Å².